The molecule has 5 nitrogen and oxygen atoms in total. The van der Waals surface area contributed by atoms with Crippen LogP contribution in [-0.4, -0.2) is 31.5 Å². The SMILES string of the molecule is CCC(C)NC(=O)CCNC(=NC)NCc1ccc(C)c(F)c1. The molecule has 0 saturated heterocycles. The quantitative estimate of drug-likeness (QED) is 0.532. The second-order valence-corrected chi connectivity index (χ2v) is 5.56. The lowest BCUT2D eigenvalue weighted by Crippen LogP contribution is -2.40. The average molecular weight is 322 g/mol. The number of benzene rings is 1. The number of rotatable bonds is 7. The van der Waals surface area contributed by atoms with Crippen molar-refractivity contribution in [3.8, 4) is 0 Å². The van der Waals surface area contributed by atoms with Crippen LogP contribution in [-0.2, 0) is 11.3 Å². The average Bonchev–Trinajstić information content (AvgIpc) is 2.53. The van der Waals surface area contributed by atoms with Gasteiger partial charge in [-0.2, -0.15) is 0 Å². The second-order valence-electron chi connectivity index (χ2n) is 5.56. The van der Waals surface area contributed by atoms with Crippen molar-refractivity contribution in [3.05, 3.63) is 35.1 Å². The third-order valence-electron chi connectivity index (χ3n) is 3.58. The Kier molecular flexibility index (Phi) is 8.08. The fourth-order valence-corrected chi connectivity index (χ4v) is 1.90. The molecular formula is C17H27FN4O. The molecule has 3 N–H and O–H groups in total. The topological polar surface area (TPSA) is 65.5 Å². The minimum Gasteiger partial charge on any atom is -0.356 e. The number of aryl methyl sites for hydroxylation is 1. The van der Waals surface area contributed by atoms with E-state index >= 15 is 0 Å². The predicted molar refractivity (Wildman–Crippen MR) is 91.9 cm³/mol. The Morgan fingerprint density at radius 1 is 1.35 bits per heavy atom. The molecule has 0 aliphatic carbocycles. The van der Waals surface area contributed by atoms with Gasteiger partial charge in [0.05, 0.1) is 0 Å². The molecule has 0 bridgehead atoms. The number of hydrogen-bond acceptors (Lipinski definition) is 2. The standard InChI is InChI=1S/C17H27FN4O/c1-5-13(3)22-16(23)8-9-20-17(19-4)21-11-14-7-6-12(2)15(18)10-14/h6-7,10,13H,5,8-9,11H2,1-4H3,(H,22,23)(H2,19,20,21). The molecule has 0 spiro atoms. The van der Waals surface area contributed by atoms with Gasteiger partial charge in [0.1, 0.15) is 5.82 Å². The van der Waals surface area contributed by atoms with E-state index in [9.17, 15) is 9.18 Å². The van der Waals surface area contributed by atoms with Crippen LogP contribution in [0.15, 0.2) is 23.2 Å². The Hall–Kier alpha value is -2.11. The lowest BCUT2D eigenvalue weighted by molar-refractivity contribution is -0.121. The van der Waals surface area contributed by atoms with Crippen LogP contribution in [0.2, 0.25) is 0 Å². The van der Waals surface area contributed by atoms with Crippen LogP contribution >= 0.6 is 0 Å². The summed E-state index contributed by atoms with van der Waals surface area (Å²) in [6.45, 7) is 6.70. The first-order valence-electron chi connectivity index (χ1n) is 7.95. The maximum atomic E-state index is 13.5. The smallest absolute Gasteiger partial charge is 0.221 e. The Balaban J connectivity index is 2.34. The molecule has 1 atom stereocenters. The fourth-order valence-electron chi connectivity index (χ4n) is 1.90. The minimum absolute atomic E-state index is 0.0166. The number of nitrogens with zero attached hydrogens (tertiary/aromatic N) is 1. The molecule has 1 rings (SSSR count). The van der Waals surface area contributed by atoms with Crippen LogP contribution in [0.4, 0.5) is 4.39 Å². The van der Waals surface area contributed by atoms with Gasteiger partial charge in [-0.05, 0) is 37.5 Å². The molecule has 0 fully saturated rings. The van der Waals surface area contributed by atoms with Crippen molar-refractivity contribution in [1.29, 1.82) is 0 Å². The highest BCUT2D eigenvalue weighted by molar-refractivity contribution is 5.81. The molecule has 1 aromatic carbocycles. The molecular weight excluding hydrogens is 295 g/mol. The van der Waals surface area contributed by atoms with Gasteiger partial charge < -0.3 is 16.0 Å². The normalized spacial score (nSPS) is 12.7. The van der Waals surface area contributed by atoms with E-state index < -0.39 is 0 Å². The van der Waals surface area contributed by atoms with Crippen molar-refractivity contribution in [3.63, 3.8) is 0 Å². The third-order valence-corrected chi connectivity index (χ3v) is 3.58. The molecule has 0 aliphatic heterocycles. The Morgan fingerprint density at radius 2 is 2.09 bits per heavy atom. The summed E-state index contributed by atoms with van der Waals surface area (Å²) < 4.78 is 13.5. The van der Waals surface area contributed by atoms with Crippen LogP contribution in [0, 0.1) is 12.7 Å². The number of hydrogen-bond donors (Lipinski definition) is 3. The molecule has 23 heavy (non-hydrogen) atoms. The molecule has 128 valence electrons. The molecule has 0 saturated carbocycles. The summed E-state index contributed by atoms with van der Waals surface area (Å²) in [6.07, 6.45) is 1.29. The number of carbonyl (C=O) groups excluding carboxylic acids is 1. The summed E-state index contributed by atoms with van der Waals surface area (Å²) in [6, 6.07) is 5.33. The van der Waals surface area contributed by atoms with Crippen molar-refractivity contribution < 1.29 is 9.18 Å². The highest BCUT2D eigenvalue weighted by Gasteiger charge is 2.06. The summed E-state index contributed by atoms with van der Waals surface area (Å²) in [5, 5.41) is 9.08. The number of guanidine groups is 1. The highest BCUT2D eigenvalue weighted by atomic mass is 19.1. The van der Waals surface area contributed by atoms with Crippen molar-refractivity contribution in [1.82, 2.24) is 16.0 Å². The zero-order valence-corrected chi connectivity index (χ0v) is 14.4. The molecule has 1 amide bonds. The highest BCUT2D eigenvalue weighted by Crippen LogP contribution is 2.08. The van der Waals surface area contributed by atoms with Gasteiger partial charge in [-0.3, -0.25) is 9.79 Å². The molecule has 1 aromatic rings. The van der Waals surface area contributed by atoms with E-state index in [1.807, 2.05) is 19.9 Å². The summed E-state index contributed by atoms with van der Waals surface area (Å²) in [7, 11) is 1.66. The van der Waals surface area contributed by atoms with Crippen LogP contribution in [0.1, 0.15) is 37.8 Å². The van der Waals surface area contributed by atoms with E-state index in [-0.39, 0.29) is 17.8 Å². The Labute approximate surface area is 137 Å². The van der Waals surface area contributed by atoms with Gasteiger partial charge in [0.15, 0.2) is 5.96 Å². The van der Waals surface area contributed by atoms with Crippen molar-refractivity contribution in [2.24, 2.45) is 4.99 Å². The number of aliphatic imine (C=N–C) groups is 1. The number of nitrogens with one attached hydrogen (secondary N) is 3. The lowest BCUT2D eigenvalue weighted by atomic mass is 10.1. The van der Waals surface area contributed by atoms with Crippen LogP contribution in [0.5, 0.6) is 0 Å². The van der Waals surface area contributed by atoms with E-state index in [0.29, 0.717) is 31.0 Å². The summed E-state index contributed by atoms with van der Waals surface area (Å²) >= 11 is 0. The molecule has 1 unspecified atom stereocenters. The first kappa shape index (κ1) is 18.9. The maximum Gasteiger partial charge on any atom is 0.221 e. The predicted octanol–water partition coefficient (Wildman–Crippen LogP) is 2.10. The van der Waals surface area contributed by atoms with E-state index in [1.165, 1.54) is 6.07 Å². The molecule has 0 aromatic heterocycles. The zero-order chi connectivity index (χ0) is 17.2. The summed E-state index contributed by atoms with van der Waals surface area (Å²) in [4.78, 5) is 15.8. The van der Waals surface area contributed by atoms with Gasteiger partial charge in [-0.25, -0.2) is 4.39 Å². The lowest BCUT2D eigenvalue weighted by Gasteiger charge is -2.14. The van der Waals surface area contributed by atoms with Gasteiger partial charge in [0.25, 0.3) is 0 Å². The van der Waals surface area contributed by atoms with Crippen molar-refractivity contribution in [2.45, 2.75) is 46.2 Å². The van der Waals surface area contributed by atoms with E-state index in [2.05, 4.69) is 20.9 Å². The van der Waals surface area contributed by atoms with Gasteiger partial charge in [0.2, 0.25) is 5.91 Å². The molecule has 6 heteroatoms. The van der Waals surface area contributed by atoms with E-state index in [4.69, 9.17) is 0 Å². The maximum absolute atomic E-state index is 13.5. The van der Waals surface area contributed by atoms with Crippen LogP contribution in [0.25, 0.3) is 0 Å². The first-order valence-corrected chi connectivity index (χ1v) is 7.95. The minimum atomic E-state index is -0.214. The molecule has 0 radical (unpaired) electrons. The van der Waals surface area contributed by atoms with Crippen LogP contribution in [0.3, 0.4) is 0 Å². The van der Waals surface area contributed by atoms with Crippen LogP contribution < -0.4 is 16.0 Å². The van der Waals surface area contributed by atoms with E-state index in [1.54, 1.807) is 20.0 Å². The van der Waals surface area contributed by atoms with Gasteiger partial charge in [-0.1, -0.05) is 19.1 Å². The third kappa shape index (κ3) is 7.13. The zero-order valence-electron chi connectivity index (χ0n) is 14.4. The number of amides is 1. The number of halogens is 1. The monoisotopic (exact) mass is 322 g/mol. The Morgan fingerprint density at radius 3 is 2.70 bits per heavy atom. The molecule has 0 aliphatic rings. The van der Waals surface area contributed by atoms with Gasteiger partial charge in [-0.15, -0.1) is 0 Å². The first-order chi connectivity index (χ1) is 11.0. The summed E-state index contributed by atoms with van der Waals surface area (Å²) in [5.41, 5.74) is 1.47. The van der Waals surface area contributed by atoms with Crippen molar-refractivity contribution in [2.75, 3.05) is 13.6 Å². The van der Waals surface area contributed by atoms with E-state index in [0.717, 1.165) is 12.0 Å². The van der Waals surface area contributed by atoms with Gasteiger partial charge in [0, 0.05) is 32.6 Å². The van der Waals surface area contributed by atoms with Crippen molar-refractivity contribution >= 4 is 11.9 Å². The largest absolute Gasteiger partial charge is 0.356 e. The summed E-state index contributed by atoms with van der Waals surface area (Å²) in [5.74, 6) is 0.388. The van der Waals surface area contributed by atoms with Gasteiger partial charge >= 0.3 is 0 Å². The fraction of sp³-hybridized carbons (Fsp3) is 0.529. The second kappa shape index (κ2) is 9.82. The Bertz CT molecular complexity index is 545. The number of carbonyl (C=O) groups is 1. The molecule has 0 heterocycles.